The quantitative estimate of drug-likeness (QED) is 0.300. The second kappa shape index (κ2) is 11.2. The lowest BCUT2D eigenvalue weighted by Gasteiger charge is -2.24. The number of carbonyl (C=O) groups excluding carboxylic acids is 1. The predicted molar refractivity (Wildman–Crippen MR) is 161 cm³/mol. The lowest BCUT2D eigenvalue weighted by molar-refractivity contribution is -0.142. The van der Waals surface area contributed by atoms with E-state index in [0.29, 0.717) is 29.9 Å². The number of benzene rings is 3. The van der Waals surface area contributed by atoms with Crippen molar-refractivity contribution < 1.29 is 23.1 Å². The number of H-pyrrole nitrogens is 1. The van der Waals surface area contributed by atoms with E-state index in [1.54, 1.807) is 0 Å². The van der Waals surface area contributed by atoms with Gasteiger partial charge in [0.15, 0.2) is 6.10 Å². The highest BCUT2D eigenvalue weighted by Crippen LogP contribution is 2.52. The van der Waals surface area contributed by atoms with Crippen LogP contribution >= 0.6 is 0 Å². The third kappa shape index (κ3) is 5.61. The Kier molecular flexibility index (Phi) is 7.57. The maximum atomic E-state index is 13.5. The van der Waals surface area contributed by atoms with Gasteiger partial charge in [0.25, 0.3) is 11.5 Å². The maximum Gasteiger partial charge on any atom is 0.416 e. The van der Waals surface area contributed by atoms with Crippen LogP contribution in [0.25, 0.3) is 11.1 Å². The minimum Gasteiger partial charge on any atom is -0.378 e. The van der Waals surface area contributed by atoms with Gasteiger partial charge in [0.05, 0.1) is 28.8 Å². The molecule has 1 aliphatic carbocycles. The number of amides is 1. The minimum atomic E-state index is -4.60. The molecule has 0 unspecified atom stereocenters. The molecule has 1 atom stereocenters. The van der Waals surface area contributed by atoms with Crippen molar-refractivity contribution in [3.8, 4) is 11.1 Å². The van der Waals surface area contributed by atoms with Crippen LogP contribution in [0.15, 0.2) is 77.6 Å². The van der Waals surface area contributed by atoms with E-state index < -0.39 is 29.2 Å². The molecule has 0 spiro atoms. The van der Waals surface area contributed by atoms with Crippen LogP contribution < -0.4 is 10.5 Å². The highest BCUT2D eigenvalue weighted by atomic mass is 19.4. The molecular weight excluding hydrogens is 569 g/mol. The number of aromatic nitrogens is 2. The molecule has 1 aliphatic heterocycles. The Morgan fingerprint density at radius 3 is 2.43 bits per heavy atom. The highest BCUT2D eigenvalue weighted by Gasteiger charge is 2.49. The van der Waals surface area contributed by atoms with Crippen molar-refractivity contribution in [2.75, 3.05) is 25.5 Å². The number of carbonyl (C=O) groups is 1. The summed E-state index contributed by atoms with van der Waals surface area (Å²) in [6, 6.07) is 20.7. The molecule has 2 heterocycles. The van der Waals surface area contributed by atoms with Gasteiger partial charge in [-0.05, 0) is 72.2 Å². The number of hydrogen-bond acceptors (Lipinski definition) is 5. The van der Waals surface area contributed by atoms with Gasteiger partial charge in [-0.1, -0.05) is 48.5 Å². The number of nitrogens with zero attached hydrogens (tertiary/aromatic N) is 3. The second-order valence-corrected chi connectivity index (χ2v) is 11.8. The monoisotopic (exact) mass is 602 g/mol. The molecule has 2 N–H and O–H groups in total. The zero-order valence-corrected chi connectivity index (χ0v) is 24.5. The van der Waals surface area contributed by atoms with E-state index in [2.05, 4.69) is 47.4 Å². The van der Waals surface area contributed by atoms with Gasteiger partial charge < -0.3 is 19.9 Å². The molecule has 10 heteroatoms. The van der Waals surface area contributed by atoms with Crippen LogP contribution in [0.4, 0.5) is 18.9 Å². The Bertz CT molecular complexity index is 1760. The molecule has 0 radical (unpaired) electrons. The summed E-state index contributed by atoms with van der Waals surface area (Å²) in [6.07, 6.45) is -3.75. The van der Waals surface area contributed by atoms with Gasteiger partial charge in [-0.25, -0.2) is 4.98 Å². The number of anilines is 1. The molecule has 1 aromatic heterocycles. The van der Waals surface area contributed by atoms with Crippen molar-refractivity contribution in [1.82, 2.24) is 14.9 Å². The Balaban J connectivity index is 1.25. The predicted octanol–water partition coefficient (Wildman–Crippen LogP) is 5.61. The molecule has 0 saturated heterocycles. The van der Waals surface area contributed by atoms with E-state index in [0.717, 1.165) is 53.4 Å². The van der Waals surface area contributed by atoms with Crippen LogP contribution in [0, 0.1) is 0 Å². The number of aliphatic hydroxyl groups excluding tert-OH is 1. The molecule has 1 amide bonds. The largest absolute Gasteiger partial charge is 0.416 e. The van der Waals surface area contributed by atoms with E-state index in [1.807, 2.05) is 25.1 Å². The Hall–Kier alpha value is -4.44. The van der Waals surface area contributed by atoms with Crippen LogP contribution in [-0.2, 0) is 29.4 Å². The molecule has 6 rings (SSSR count). The molecule has 4 aromatic rings. The normalized spacial score (nSPS) is 16.5. The first kappa shape index (κ1) is 29.6. The average Bonchev–Trinajstić information content (AvgIpc) is 3.85. The van der Waals surface area contributed by atoms with Gasteiger partial charge in [-0.15, -0.1) is 0 Å². The van der Waals surface area contributed by atoms with Crippen LogP contribution in [-0.4, -0.2) is 46.5 Å². The van der Waals surface area contributed by atoms with Crippen molar-refractivity contribution in [2.45, 2.75) is 49.9 Å². The maximum absolute atomic E-state index is 13.5. The topological polar surface area (TPSA) is 89.5 Å². The van der Waals surface area contributed by atoms with E-state index in [1.165, 1.54) is 11.0 Å². The van der Waals surface area contributed by atoms with E-state index in [-0.39, 0.29) is 24.2 Å². The first-order chi connectivity index (χ1) is 21.0. The zero-order chi connectivity index (χ0) is 31.2. The number of nitrogens with one attached hydrogen (secondary N) is 1. The molecule has 3 aromatic carbocycles. The number of alkyl halides is 3. The summed E-state index contributed by atoms with van der Waals surface area (Å²) in [5.41, 5.74) is 3.44. The van der Waals surface area contributed by atoms with Crippen molar-refractivity contribution in [3.05, 3.63) is 117 Å². The Morgan fingerprint density at radius 1 is 1.02 bits per heavy atom. The molecule has 2 aliphatic rings. The van der Waals surface area contributed by atoms with Crippen LogP contribution in [0.1, 0.15) is 59.1 Å². The summed E-state index contributed by atoms with van der Waals surface area (Å²) < 4.78 is 39.6. The van der Waals surface area contributed by atoms with Crippen molar-refractivity contribution >= 4 is 11.6 Å². The van der Waals surface area contributed by atoms with Gasteiger partial charge in [0, 0.05) is 26.3 Å². The summed E-state index contributed by atoms with van der Waals surface area (Å²) >= 11 is 0. The van der Waals surface area contributed by atoms with Gasteiger partial charge in [-0.2, -0.15) is 13.2 Å². The van der Waals surface area contributed by atoms with Crippen LogP contribution in [0.5, 0.6) is 0 Å². The fourth-order valence-electron chi connectivity index (χ4n) is 5.97. The molecule has 228 valence electrons. The molecule has 0 bridgehead atoms. The first-order valence-electron chi connectivity index (χ1n) is 14.6. The zero-order valence-electron chi connectivity index (χ0n) is 24.5. The Labute approximate surface area is 253 Å². The third-order valence-electron chi connectivity index (χ3n) is 8.70. The summed E-state index contributed by atoms with van der Waals surface area (Å²) in [4.78, 5) is 38.0. The standard InChI is InChI=1S/C34H33F3N4O3/c1-40(2)26-13-11-21(12-14-26)22-6-3-8-24(18-22)33(15-16-33)32-38-28-10-5-17-41(20-27(28)30(43)39-32)31(44)29(42)23-7-4-9-25(19-23)34(35,36)37/h3-4,6-9,11-14,18-19,29,42H,5,10,15-17,20H2,1-2H3,(H,38,39,43)/t29-/m1/s1. The summed E-state index contributed by atoms with van der Waals surface area (Å²) in [6.45, 7) is 0.151. The number of aryl methyl sites for hydroxylation is 1. The fraction of sp³-hybridized carbons (Fsp3) is 0.324. The van der Waals surface area contributed by atoms with E-state index in [9.17, 15) is 27.9 Å². The fourth-order valence-corrected chi connectivity index (χ4v) is 5.97. The number of hydrogen-bond donors (Lipinski definition) is 2. The van der Waals surface area contributed by atoms with Gasteiger partial charge in [0.1, 0.15) is 5.82 Å². The van der Waals surface area contributed by atoms with Crippen molar-refractivity contribution in [3.63, 3.8) is 0 Å². The van der Waals surface area contributed by atoms with E-state index in [4.69, 9.17) is 4.98 Å². The van der Waals surface area contributed by atoms with Crippen molar-refractivity contribution in [2.24, 2.45) is 0 Å². The number of aromatic amines is 1. The number of rotatable bonds is 6. The van der Waals surface area contributed by atoms with Crippen LogP contribution in [0.3, 0.4) is 0 Å². The number of aliphatic hydroxyl groups is 1. The smallest absolute Gasteiger partial charge is 0.378 e. The summed E-state index contributed by atoms with van der Waals surface area (Å²) in [5, 5.41) is 10.7. The van der Waals surface area contributed by atoms with Crippen molar-refractivity contribution in [1.29, 1.82) is 0 Å². The summed E-state index contributed by atoms with van der Waals surface area (Å²) in [5.74, 6) is -0.153. The third-order valence-corrected chi connectivity index (χ3v) is 8.70. The molecule has 7 nitrogen and oxygen atoms in total. The van der Waals surface area contributed by atoms with Gasteiger partial charge in [-0.3, -0.25) is 9.59 Å². The highest BCUT2D eigenvalue weighted by molar-refractivity contribution is 5.82. The first-order valence-corrected chi connectivity index (χ1v) is 14.6. The van der Waals surface area contributed by atoms with Gasteiger partial charge >= 0.3 is 6.18 Å². The van der Waals surface area contributed by atoms with E-state index >= 15 is 0 Å². The minimum absolute atomic E-state index is 0.0851. The molecular formula is C34H33F3N4O3. The molecule has 1 fully saturated rings. The lowest BCUT2D eigenvalue weighted by atomic mass is 9.91. The SMILES string of the molecule is CN(C)c1ccc(-c2cccc(C3(c4nc5c(c(=O)[nH]4)CN(C(=O)[C@H](O)c4cccc(C(F)(F)F)c4)CCC5)CC3)c2)cc1. The number of halogens is 3. The Morgan fingerprint density at radius 2 is 1.75 bits per heavy atom. The molecule has 1 saturated carbocycles. The lowest BCUT2D eigenvalue weighted by Crippen LogP contribution is -2.36. The van der Waals surface area contributed by atoms with Crippen LogP contribution in [0.2, 0.25) is 0 Å². The average molecular weight is 603 g/mol. The molecule has 44 heavy (non-hydrogen) atoms. The van der Waals surface area contributed by atoms with Gasteiger partial charge in [0.2, 0.25) is 0 Å². The second-order valence-electron chi connectivity index (χ2n) is 11.8. The summed E-state index contributed by atoms with van der Waals surface area (Å²) in [7, 11) is 4.00. The number of fused-ring (bicyclic) bond motifs is 1.